The van der Waals surface area contributed by atoms with Gasteiger partial charge in [-0.3, -0.25) is 4.79 Å². The maximum Gasteiger partial charge on any atom is 0.276 e. The molecule has 2 aliphatic rings. The molecule has 0 spiro atoms. The van der Waals surface area contributed by atoms with Crippen LogP contribution in [0.5, 0.6) is 0 Å². The Kier molecular flexibility index (Phi) is 1.64. The molecule has 6 nitrogen and oxygen atoms in total. The van der Waals surface area contributed by atoms with E-state index in [1.807, 2.05) is 0 Å². The number of amides is 1. The van der Waals surface area contributed by atoms with Gasteiger partial charge in [-0.2, -0.15) is 15.4 Å². The molecule has 1 aliphatic heterocycles. The van der Waals surface area contributed by atoms with Crippen LogP contribution in [0.2, 0.25) is 0 Å². The minimum absolute atomic E-state index is 0.158. The second-order valence-electron chi connectivity index (χ2n) is 4.39. The van der Waals surface area contributed by atoms with Crippen molar-refractivity contribution >= 4 is 5.91 Å². The van der Waals surface area contributed by atoms with Crippen LogP contribution in [0.3, 0.4) is 0 Å². The molecule has 1 saturated heterocycles. The van der Waals surface area contributed by atoms with Crippen LogP contribution in [-0.2, 0) is 0 Å². The van der Waals surface area contributed by atoms with E-state index in [1.165, 1.54) is 6.20 Å². The predicted molar refractivity (Wildman–Crippen MR) is 50.0 cm³/mol. The van der Waals surface area contributed by atoms with Crippen molar-refractivity contribution in [2.75, 3.05) is 13.1 Å². The molecule has 2 N–H and O–H groups in total. The number of carbonyl (C=O) groups is 1. The Morgan fingerprint density at radius 2 is 2.33 bits per heavy atom. The van der Waals surface area contributed by atoms with E-state index in [2.05, 4.69) is 15.4 Å². The molecule has 0 bridgehead atoms. The van der Waals surface area contributed by atoms with Gasteiger partial charge in [0.05, 0.1) is 19.3 Å². The lowest BCUT2D eigenvalue weighted by molar-refractivity contribution is -0.0959. The van der Waals surface area contributed by atoms with Crippen molar-refractivity contribution < 1.29 is 9.90 Å². The molecule has 1 aromatic rings. The van der Waals surface area contributed by atoms with E-state index < -0.39 is 5.60 Å². The Bertz CT molecular complexity index is 379. The zero-order chi connectivity index (χ0) is 10.5. The molecule has 2 fully saturated rings. The highest BCUT2D eigenvalue weighted by Crippen LogP contribution is 2.44. The van der Waals surface area contributed by atoms with Crippen molar-refractivity contribution in [3.05, 3.63) is 11.9 Å². The molecule has 1 aliphatic carbocycles. The van der Waals surface area contributed by atoms with Crippen LogP contribution in [0.25, 0.3) is 0 Å². The Balaban J connectivity index is 1.65. The Labute approximate surface area is 86.3 Å². The molecule has 1 amide bonds. The van der Waals surface area contributed by atoms with E-state index in [9.17, 15) is 9.90 Å². The number of aliphatic hydroxyl groups is 1. The molecular weight excluding hydrogens is 196 g/mol. The normalized spacial score (nSPS) is 23.7. The van der Waals surface area contributed by atoms with Gasteiger partial charge >= 0.3 is 0 Å². The SMILES string of the molecule is O=C(c1cn[nH]n1)N1CC(O)(C2CC2)C1. The lowest BCUT2D eigenvalue weighted by Gasteiger charge is -2.46. The summed E-state index contributed by atoms with van der Waals surface area (Å²) in [6.07, 6.45) is 3.57. The minimum Gasteiger partial charge on any atom is -0.386 e. The number of nitrogens with zero attached hydrogens (tertiary/aromatic N) is 3. The topological polar surface area (TPSA) is 82.1 Å². The number of hydrogen-bond acceptors (Lipinski definition) is 4. The molecular formula is C9H12N4O2. The van der Waals surface area contributed by atoms with Crippen molar-refractivity contribution in [2.45, 2.75) is 18.4 Å². The fourth-order valence-corrected chi connectivity index (χ4v) is 2.10. The van der Waals surface area contributed by atoms with Crippen molar-refractivity contribution in [1.82, 2.24) is 20.3 Å². The summed E-state index contributed by atoms with van der Waals surface area (Å²) in [6.45, 7) is 0.868. The fraction of sp³-hybridized carbons (Fsp3) is 0.667. The van der Waals surface area contributed by atoms with E-state index in [0.29, 0.717) is 24.7 Å². The summed E-state index contributed by atoms with van der Waals surface area (Å²) in [5.41, 5.74) is -0.313. The summed E-state index contributed by atoms with van der Waals surface area (Å²) in [6, 6.07) is 0. The van der Waals surface area contributed by atoms with E-state index in [0.717, 1.165) is 12.8 Å². The molecule has 3 rings (SSSR count). The molecule has 6 heteroatoms. The van der Waals surface area contributed by atoms with E-state index in [-0.39, 0.29) is 5.91 Å². The first-order valence-electron chi connectivity index (χ1n) is 5.06. The van der Waals surface area contributed by atoms with Gasteiger partial charge in [-0.15, -0.1) is 0 Å². The molecule has 0 unspecified atom stereocenters. The average Bonchev–Trinajstić information content (AvgIpc) is 2.89. The fourth-order valence-electron chi connectivity index (χ4n) is 2.10. The number of likely N-dealkylation sites (tertiary alicyclic amines) is 1. The number of aromatic nitrogens is 3. The highest BCUT2D eigenvalue weighted by atomic mass is 16.3. The Morgan fingerprint density at radius 3 is 2.87 bits per heavy atom. The van der Waals surface area contributed by atoms with Crippen LogP contribution in [0.4, 0.5) is 0 Å². The summed E-state index contributed by atoms with van der Waals surface area (Å²) in [5.74, 6) is 0.243. The zero-order valence-electron chi connectivity index (χ0n) is 8.18. The van der Waals surface area contributed by atoms with Crippen LogP contribution in [-0.4, -0.2) is 50.0 Å². The van der Waals surface area contributed by atoms with E-state index in [4.69, 9.17) is 0 Å². The summed E-state index contributed by atoms with van der Waals surface area (Å²) >= 11 is 0. The number of H-pyrrole nitrogens is 1. The number of aromatic amines is 1. The number of rotatable bonds is 2. The summed E-state index contributed by atoms with van der Waals surface area (Å²) < 4.78 is 0. The lowest BCUT2D eigenvalue weighted by atomic mass is 9.88. The summed E-state index contributed by atoms with van der Waals surface area (Å²) in [4.78, 5) is 13.3. The molecule has 2 heterocycles. The van der Waals surface area contributed by atoms with Gasteiger partial charge in [-0.05, 0) is 18.8 Å². The average molecular weight is 208 g/mol. The molecule has 80 valence electrons. The highest BCUT2D eigenvalue weighted by Gasteiger charge is 2.53. The van der Waals surface area contributed by atoms with E-state index in [1.54, 1.807) is 4.90 Å². The van der Waals surface area contributed by atoms with Crippen molar-refractivity contribution in [3.63, 3.8) is 0 Å². The van der Waals surface area contributed by atoms with Crippen molar-refractivity contribution in [1.29, 1.82) is 0 Å². The number of carbonyl (C=O) groups excluding carboxylic acids is 1. The standard InChI is InChI=1S/C9H12N4O2/c14-8(7-3-10-12-11-7)13-4-9(15,5-13)6-1-2-6/h3,6,15H,1-2,4-5H2,(H,10,11,12). The van der Waals surface area contributed by atoms with Gasteiger partial charge < -0.3 is 10.0 Å². The number of hydrogen-bond donors (Lipinski definition) is 2. The molecule has 1 saturated carbocycles. The van der Waals surface area contributed by atoms with Gasteiger partial charge in [0.25, 0.3) is 5.91 Å². The van der Waals surface area contributed by atoms with Crippen molar-refractivity contribution in [3.8, 4) is 0 Å². The van der Waals surface area contributed by atoms with Crippen LogP contribution in [0.15, 0.2) is 6.20 Å². The van der Waals surface area contributed by atoms with Gasteiger partial charge in [0.2, 0.25) is 0 Å². The third-order valence-electron chi connectivity index (χ3n) is 3.19. The molecule has 0 aromatic carbocycles. The Morgan fingerprint density at radius 1 is 1.60 bits per heavy atom. The largest absolute Gasteiger partial charge is 0.386 e. The maximum atomic E-state index is 11.7. The molecule has 0 radical (unpaired) electrons. The zero-order valence-corrected chi connectivity index (χ0v) is 8.18. The predicted octanol–water partition coefficient (Wildman–Crippen LogP) is -0.598. The first kappa shape index (κ1) is 8.84. The summed E-state index contributed by atoms with van der Waals surface area (Å²) in [7, 11) is 0. The number of nitrogens with one attached hydrogen (secondary N) is 1. The third kappa shape index (κ3) is 1.32. The maximum absolute atomic E-state index is 11.7. The lowest BCUT2D eigenvalue weighted by Crippen LogP contribution is -2.64. The number of β-amino-alcohol motifs (C(OH)–C–C–N with tert-alkyl or cyclic N) is 1. The molecule has 15 heavy (non-hydrogen) atoms. The quantitative estimate of drug-likeness (QED) is 0.680. The monoisotopic (exact) mass is 208 g/mol. The van der Waals surface area contributed by atoms with Crippen LogP contribution in [0.1, 0.15) is 23.3 Å². The third-order valence-corrected chi connectivity index (χ3v) is 3.19. The van der Waals surface area contributed by atoms with Crippen LogP contribution in [0, 0.1) is 5.92 Å². The first-order chi connectivity index (χ1) is 7.19. The first-order valence-corrected chi connectivity index (χ1v) is 5.06. The van der Waals surface area contributed by atoms with Crippen LogP contribution >= 0.6 is 0 Å². The van der Waals surface area contributed by atoms with Gasteiger partial charge in [-0.25, -0.2) is 0 Å². The minimum atomic E-state index is -0.626. The molecule has 0 atom stereocenters. The van der Waals surface area contributed by atoms with Crippen molar-refractivity contribution in [2.24, 2.45) is 5.92 Å². The summed E-state index contributed by atoms with van der Waals surface area (Å²) in [5, 5.41) is 19.7. The highest BCUT2D eigenvalue weighted by molar-refractivity contribution is 5.92. The van der Waals surface area contributed by atoms with Gasteiger partial charge in [-0.1, -0.05) is 0 Å². The molecule has 1 aromatic heterocycles. The Hall–Kier alpha value is -1.43. The van der Waals surface area contributed by atoms with Crippen LogP contribution < -0.4 is 0 Å². The van der Waals surface area contributed by atoms with Gasteiger partial charge in [0.1, 0.15) is 5.60 Å². The van der Waals surface area contributed by atoms with Gasteiger partial charge in [0, 0.05) is 0 Å². The smallest absolute Gasteiger partial charge is 0.276 e. The second-order valence-corrected chi connectivity index (χ2v) is 4.39. The van der Waals surface area contributed by atoms with Gasteiger partial charge in [0.15, 0.2) is 5.69 Å². The van der Waals surface area contributed by atoms with E-state index >= 15 is 0 Å². The second kappa shape index (κ2) is 2.79.